The molecule has 1 aliphatic heterocycles. The summed E-state index contributed by atoms with van der Waals surface area (Å²) in [7, 11) is 0. The highest BCUT2D eigenvalue weighted by molar-refractivity contribution is 6.13. The number of hydrogen-bond donors (Lipinski definition) is 0. The Morgan fingerprint density at radius 3 is 2.36 bits per heavy atom. The van der Waals surface area contributed by atoms with Crippen molar-refractivity contribution in [2.24, 2.45) is 0 Å². The second-order valence-electron chi connectivity index (χ2n) is 3.68. The van der Waals surface area contributed by atoms with E-state index in [-0.39, 0.29) is 0 Å². The molecular formula is C11H15ClN2. The van der Waals surface area contributed by atoms with Gasteiger partial charge in [-0.3, -0.25) is 0 Å². The molecule has 0 spiro atoms. The number of hydrogen-bond acceptors (Lipinski definition) is 2. The van der Waals surface area contributed by atoms with Gasteiger partial charge in [-0.2, -0.15) is 0 Å². The van der Waals surface area contributed by atoms with E-state index >= 15 is 0 Å². The van der Waals surface area contributed by atoms with Gasteiger partial charge < -0.3 is 4.90 Å². The zero-order valence-electron chi connectivity index (χ0n) is 8.41. The van der Waals surface area contributed by atoms with Gasteiger partial charge in [0.05, 0.1) is 0 Å². The fraction of sp³-hybridized carbons (Fsp3) is 0.455. The van der Waals surface area contributed by atoms with Gasteiger partial charge in [0, 0.05) is 31.9 Å². The molecule has 1 aromatic carbocycles. The molecule has 76 valence electrons. The first kappa shape index (κ1) is 9.81. The van der Waals surface area contributed by atoms with Gasteiger partial charge in [0.1, 0.15) is 0 Å². The van der Waals surface area contributed by atoms with Crippen LogP contribution in [-0.2, 0) is 0 Å². The van der Waals surface area contributed by atoms with E-state index in [0.29, 0.717) is 0 Å². The Labute approximate surface area is 90.2 Å². The second-order valence-corrected chi connectivity index (χ2v) is 4.16. The van der Waals surface area contributed by atoms with E-state index in [1.165, 1.54) is 11.3 Å². The maximum Gasteiger partial charge on any atom is 0.0396 e. The molecule has 1 heterocycles. The highest BCUT2D eigenvalue weighted by Crippen LogP contribution is 2.20. The zero-order chi connectivity index (χ0) is 9.97. The summed E-state index contributed by atoms with van der Waals surface area (Å²) in [5.74, 6) is 0. The van der Waals surface area contributed by atoms with Crippen molar-refractivity contribution in [3.8, 4) is 0 Å². The van der Waals surface area contributed by atoms with E-state index < -0.39 is 0 Å². The molecule has 0 radical (unpaired) electrons. The minimum absolute atomic E-state index is 0.940. The summed E-state index contributed by atoms with van der Waals surface area (Å²) in [6.07, 6.45) is 0. The Hall–Kier alpha value is -0.730. The predicted molar refractivity (Wildman–Crippen MR) is 60.8 cm³/mol. The van der Waals surface area contributed by atoms with E-state index in [4.69, 9.17) is 11.8 Å². The lowest BCUT2D eigenvalue weighted by Gasteiger charge is -2.33. The van der Waals surface area contributed by atoms with Crippen LogP contribution in [0.25, 0.3) is 0 Å². The average Bonchev–Trinajstić information content (AvgIpc) is 2.20. The van der Waals surface area contributed by atoms with Crippen LogP contribution in [0.15, 0.2) is 24.3 Å². The summed E-state index contributed by atoms with van der Waals surface area (Å²) in [6.45, 7) is 6.08. The molecule has 0 atom stereocenters. The fourth-order valence-electron chi connectivity index (χ4n) is 1.84. The largest absolute Gasteiger partial charge is 0.369 e. The summed E-state index contributed by atoms with van der Waals surface area (Å²) in [5.41, 5.74) is 2.69. The molecule has 2 nitrogen and oxygen atoms in total. The predicted octanol–water partition coefficient (Wildman–Crippen LogP) is 2.27. The van der Waals surface area contributed by atoms with E-state index in [2.05, 4.69) is 36.1 Å². The molecule has 3 heteroatoms. The molecule has 0 amide bonds. The summed E-state index contributed by atoms with van der Waals surface area (Å²) in [5, 5.41) is 0. The number of nitrogens with zero attached hydrogens (tertiary/aromatic N) is 2. The van der Waals surface area contributed by atoms with Crippen molar-refractivity contribution in [2.45, 2.75) is 6.92 Å². The van der Waals surface area contributed by atoms with Crippen LogP contribution in [0.3, 0.4) is 0 Å². The SMILES string of the molecule is Cc1ccccc1N1CCN(Cl)CC1. The number of halogens is 1. The third kappa shape index (κ3) is 2.02. The second kappa shape index (κ2) is 4.20. The third-order valence-corrected chi connectivity index (χ3v) is 3.02. The highest BCUT2D eigenvalue weighted by Gasteiger charge is 2.16. The smallest absolute Gasteiger partial charge is 0.0396 e. The molecule has 0 bridgehead atoms. The Kier molecular flexibility index (Phi) is 2.94. The summed E-state index contributed by atoms with van der Waals surface area (Å²) in [6, 6.07) is 8.51. The first-order valence-electron chi connectivity index (χ1n) is 4.98. The van der Waals surface area contributed by atoms with Crippen molar-refractivity contribution in [1.82, 2.24) is 4.42 Å². The molecule has 14 heavy (non-hydrogen) atoms. The summed E-state index contributed by atoms with van der Waals surface area (Å²) >= 11 is 5.92. The average molecular weight is 211 g/mol. The maximum absolute atomic E-state index is 5.92. The van der Waals surface area contributed by atoms with Crippen LogP contribution in [-0.4, -0.2) is 30.6 Å². The van der Waals surface area contributed by atoms with Gasteiger partial charge in [-0.05, 0) is 30.3 Å². The minimum atomic E-state index is 0.940. The quantitative estimate of drug-likeness (QED) is 0.657. The standard InChI is InChI=1S/C11H15ClN2/c1-10-4-2-3-5-11(10)13-6-8-14(12)9-7-13/h2-5H,6-9H2,1H3. The first-order chi connectivity index (χ1) is 6.77. The molecule has 1 fully saturated rings. The molecule has 1 saturated heterocycles. The molecule has 0 aliphatic carbocycles. The number of piperazine rings is 1. The molecule has 0 unspecified atom stereocenters. The topological polar surface area (TPSA) is 6.48 Å². The number of anilines is 1. The van der Waals surface area contributed by atoms with Gasteiger partial charge >= 0.3 is 0 Å². The van der Waals surface area contributed by atoms with Crippen LogP contribution in [0.1, 0.15) is 5.56 Å². The van der Waals surface area contributed by atoms with Crippen LogP contribution < -0.4 is 4.90 Å². The lowest BCUT2D eigenvalue weighted by Crippen LogP contribution is -2.42. The Bertz CT molecular complexity index is 306. The van der Waals surface area contributed by atoms with E-state index in [0.717, 1.165) is 26.2 Å². The van der Waals surface area contributed by atoms with Gasteiger partial charge in [-0.1, -0.05) is 18.2 Å². The van der Waals surface area contributed by atoms with Gasteiger partial charge in [0.25, 0.3) is 0 Å². The lowest BCUT2D eigenvalue weighted by molar-refractivity contribution is 0.416. The molecule has 1 aliphatic rings. The van der Waals surface area contributed by atoms with Crippen molar-refractivity contribution in [2.75, 3.05) is 31.1 Å². The Balaban J connectivity index is 2.12. The number of para-hydroxylation sites is 1. The maximum atomic E-state index is 5.92. The van der Waals surface area contributed by atoms with Crippen LogP contribution >= 0.6 is 11.8 Å². The van der Waals surface area contributed by atoms with E-state index in [9.17, 15) is 0 Å². The Morgan fingerprint density at radius 1 is 1.07 bits per heavy atom. The summed E-state index contributed by atoms with van der Waals surface area (Å²) in [4.78, 5) is 2.40. The van der Waals surface area contributed by atoms with Gasteiger partial charge in [-0.15, -0.1) is 0 Å². The first-order valence-corrected chi connectivity index (χ1v) is 5.32. The minimum Gasteiger partial charge on any atom is -0.369 e. The van der Waals surface area contributed by atoms with Gasteiger partial charge in [0.2, 0.25) is 0 Å². The van der Waals surface area contributed by atoms with E-state index in [1.54, 1.807) is 0 Å². The van der Waals surface area contributed by atoms with E-state index in [1.807, 2.05) is 4.42 Å². The van der Waals surface area contributed by atoms with Gasteiger partial charge in [-0.25, -0.2) is 4.42 Å². The van der Waals surface area contributed by atoms with Crippen molar-refractivity contribution in [1.29, 1.82) is 0 Å². The number of aryl methyl sites for hydroxylation is 1. The molecule has 0 aromatic heterocycles. The molecule has 0 saturated carbocycles. The molecule has 2 rings (SSSR count). The van der Waals surface area contributed by atoms with Crippen LogP contribution in [0.2, 0.25) is 0 Å². The fourth-order valence-corrected chi connectivity index (χ4v) is 1.99. The van der Waals surface area contributed by atoms with Crippen LogP contribution in [0.5, 0.6) is 0 Å². The lowest BCUT2D eigenvalue weighted by atomic mass is 10.1. The third-order valence-electron chi connectivity index (χ3n) is 2.68. The Morgan fingerprint density at radius 2 is 1.71 bits per heavy atom. The van der Waals surface area contributed by atoms with Crippen LogP contribution in [0, 0.1) is 6.92 Å². The molecule has 1 aromatic rings. The zero-order valence-corrected chi connectivity index (χ0v) is 9.17. The monoisotopic (exact) mass is 210 g/mol. The molecule has 0 N–H and O–H groups in total. The normalized spacial score (nSPS) is 18.6. The number of benzene rings is 1. The molecular weight excluding hydrogens is 196 g/mol. The van der Waals surface area contributed by atoms with Crippen molar-refractivity contribution < 1.29 is 0 Å². The van der Waals surface area contributed by atoms with Crippen LogP contribution in [0.4, 0.5) is 5.69 Å². The summed E-state index contributed by atoms with van der Waals surface area (Å²) < 4.78 is 1.86. The van der Waals surface area contributed by atoms with Crippen molar-refractivity contribution in [3.63, 3.8) is 0 Å². The van der Waals surface area contributed by atoms with Crippen molar-refractivity contribution >= 4 is 17.5 Å². The van der Waals surface area contributed by atoms with Crippen molar-refractivity contribution in [3.05, 3.63) is 29.8 Å². The highest BCUT2D eigenvalue weighted by atomic mass is 35.5. The van der Waals surface area contributed by atoms with Gasteiger partial charge in [0.15, 0.2) is 0 Å². The number of rotatable bonds is 1.